The van der Waals surface area contributed by atoms with Gasteiger partial charge in [-0.15, -0.1) is 0 Å². The average molecular weight is 1370 g/mol. The highest BCUT2D eigenvalue weighted by atomic mass is 19.1. The Hall–Kier alpha value is -12.2. The molecule has 0 spiro atoms. The van der Waals surface area contributed by atoms with E-state index in [2.05, 4.69) is 39.1 Å². The third kappa shape index (κ3) is 15.0. The van der Waals surface area contributed by atoms with Crippen molar-refractivity contribution in [2.24, 2.45) is 5.73 Å². The summed E-state index contributed by atoms with van der Waals surface area (Å²) in [6.07, 6.45) is 16.9. The summed E-state index contributed by atoms with van der Waals surface area (Å²) in [6, 6.07) is 61.2. The minimum Gasteiger partial charge on any atom is -0.374 e. The van der Waals surface area contributed by atoms with E-state index in [1.54, 1.807) is 91.9 Å². The number of carbonyl (C=O) groups excluding carboxylic acids is 1. The number of halogens is 4. The Labute approximate surface area is 597 Å². The summed E-state index contributed by atoms with van der Waals surface area (Å²) in [5.41, 5.74) is 17.2. The number of likely N-dealkylation sites (N-methyl/N-ethyl adjacent to an activating group) is 2. The Morgan fingerprint density at radius 1 is 0.621 bits per heavy atom. The minimum atomic E-state index is -1.28. The van der Waals surface area contributed by atoms with E-state index in [0.29, 0.717) is 93.9 Å². The number of hydrogen-bond acceptors (Lipinski definition) is 13. The van der Waals surface area contributed by atoms with Gasteiger partial charge in [0.05, 0.1) is 28.8 Å². The summed E-state index contributed by atoms with van der Waals surface area (Å²) in [5, 5.41) is 11.2. The van der Waals surface area contributed by atoms with E-state index in [-0.39, 0.29) is 23.5 Å². The van der Waals surface area contributed by atoms with Crippen molar-refractivity contribution in [1.82, 2.24) is 40.5 Å². The molecule has 0 bridgehead atoms. The van der Waals surface area contributed by atoms with E-state index in [0.717, 1.165) is 38.9 Å². The highest BCUT2D eigenvalue weighted by molar-refractivity contribution is 5.95. The van der Waals surface area contributed by atoms with Gasteiger partial charge in [-0.25, -0.2) is 37.5 Å². The van der Waals surface area contributed by atoms with Crippen LogP contribution >= 0.6 is 0 Å². The predicted octanol–water partition coefficient (Wildman–Crippen LogP) is 16.8. The summed E-state index contributed by atoms with van der Waals surface area (Å²) in [6.45, 7) is 6.10. The number of nitrogens with two attached hydrogens (primary N) is 1. The van der Waals surface area contributed by atoms with Gasteiger partial charge in [0, 0.05) is 123 Å². The maximum Gasteiger partial charge on any atom is 0.222 e. The third-order valence-corrected chi connectivity index (χ3v) is 18.9. The van der Waals surface area contributed by atoms with Crippen molar-refractivity contribution in [3.63, 3.8) is 0 Å². The van der Waals surface area contributed by atoms with E-state index in [1.807, 2.05) is 158 Å². The van der Waals surface area contributed by atoms with Crippen molar-refractivity contribution in [3.05, 3.63) is 353 Å². The molecule has 515 valence electrons. The second-order valence-electron chi connectivity index (χ2n) is 25.5. The van der Waals surface area contributed by atoms with Crippen molar-refractivity contribution in [2.75, 3.05) is 47.2 Å². The van der Waals surface area contributed by atoms with E-state index in [9.17, 15) is 4.79 Å². The molecule has 1 aliphatic rings. The fraction of sp³-hybridized carbons (Fsp3) is 0.165. The first kappa shape index (κ1) is 69.3. The molecule has 12 aromatic rings. The molecule has 103 heavy (non-hydrogen) atoms. The van der Waals surface area contributed by atoms with Crippen LogP contribution in [0.4, 0.5) is 40.3 Å². The summed E-state index contributed by atoms with van der Waals surface area (Å²) in [7, 11) is 3.79. The lowest BCUT2D eigenvalue weighted by molar-refractivity contribution is -0.118. The Bertz CT molecular complexity index is 4940. The molecule has 0 saturated carbocycles. The molecule has 0 aliphatic carbocycles. The Morgan fingerprint density at radius 3 is 1.93 bits per heavy atom. The van der Waals surface area contributed by atoms with Gasteiger partial charge >= 0.3 is 0 Å². The van der Waals surface area contributed by atoms with Crippen molar-refractivity contribution in [1.29, 1.82) is 0 Å². The second-order valence-corrected chi connectivity index (χ2v) is 25.5. The number of allylic oxidation sites excluding steroid dienone is 2. The van der Waals surface area contributed by atoms with Crippen molar-refractivity contribution < 1.29 is 22.4 Å². The number of rotatable bonds is 25. The summed E-state index contributed by atoms with van der Waals surface area (Å²) in [4.78, 5) is 49.8. The molecule has 4 unspecified atom stereocenters. The summed E-state index contributed by atoms with van der Waals surface area (Å²) >= 11 is 0. The van der Waals surface area contributed by atoms with Crippen LogP contribution in [-0.2, 0) is 23.2 Å². The molecule has 4 aromatic heterocycles. The first-order chi connectivity index (χ1) is 50.2. The standard InChI is InChI=1S/C85H76F4N13O/c1-6-85(63-20-11-8-12-21-63,84-95-46-16-47-96-84)99-78-73(41-50-92-77(78)62-29-33-65(87)34-30-62)102-80(72(54-70(83(102)97-56(3)103)59-27-31-64(86)32-28-59)98-79(82-93-44-15-45-94-82)76(90)61-25-23-55(2)24-26-61)69-37-38-71(89)75(68-36-35-66(88)53-74(68)100(4)51-42-57-17-9-7-10-18-57)81(69)101(5)52-43-58-19-13-14-22-67(58)60-39-48-91-49-40-60/h7-41,44-50,53,76,79-80,98-99H,6,42-43,51-52,90H2,1-5H3,(H,97,103). The first-order valence-corrected chi connectivity index (χ1v) is 34.2. The van der Waals surface area contributed by atoms with Gasteiger partial charge < -0.3 is 36.4 Å². The number of hydrogen-bond donors (Lipinski definition) is 4. The molecule has 1 radical (unpaired) electrons. The van der Waals surface area contributed by atoms with Crippen LogP contribution in [0.1, 0.15) is 89.0 Å². The van der Waals surface area contributed by atoms with Crippen LogP contribution < -0.4 is 36.4 Å². The zero-order valence-corrected chi connectivity index (χ0v) is 57.6. The second kappa shape index (κ2) is 31.2. The lowest BCUT2D eigenvalue weighted by Gasteiger charge is -2.45. The van der Waals surface area contributed by atoms with Crippen LogP contribution in [0.15, 0.2) is 273 Å². The van der Waals surface area contributed by atoms with Gasteiger partial charge in [-0.2, -0.15) is 0 Å². The number of pyridine rings is 2. The van der Waals surface area contributed by atoms with E-state index in [1.165, 1.54) is 49.4 Å². The first-order valence-electron chi connectivity index (χ1n) is 34.2. The highest BCUT2D eigenvalue weighted by Crippen LogP contribution is 2.53. The smallest absolute Gasteiger partial charge is 0.222 e. The van der Waals surface area contributed by atoms with E-state index < -0.39 is 52.8 Å². The maximum atomic E-state index is 18.8. The summed E-state index contributed by atoms with van der Waals surface area (Å²) in [5.74, 6) is -1.80. The fourth-order valence-corrected chi connectivity index (χ4v) is 13.6. The van der Waals surface area contributed by atoms with Crippen LogP contribution in [0.5, 0.6) is 0 Å². The van der Waals surface area contributed by atoms with Gasteiger partial charge in [-0.1, -0.05) is 140 Å². The maximum absolute atomic E-state index is 18.8. The topological polar surface area (TPSA) is 166 Å². The molecule has 8 aromatic carbocycles. The SMILES string of the molecule is CCC(Nc1c(N2C(NC(C)=O)=C(c3ccc(F)cc3)[C]=C(NC(c3ncccn3)C(N)c3ccc(C)cc3)C2c2ccc(F)c(-c3ccc(F)cc3N(C)CCc3ccccc3)c2N(C)CCc2ccccc2-c2ccncc2)ccnc1-c1ccc(F)cc1)(c1ccccc1)c1ncccn1. The molecule has 1 aliphatic heterocycles. The van der Waals surface area contributed by atoms with Crippen LogP contribution in [0, 0.1) is 36.3 Å². The number of anilines is 4. The molecule has 5 heterocycles. The number of aromatic nitrogens is 6. The van der Waals surface area contributed by atoms with Crippen LogP contribution in [0.3, 0.4) is 0 Å². The van der Waals surface area contributed by atoms with Crippen molar-refractivity contribution in [3.8, 4) is 33.5 Å². The van der Waals surface area contributed by atoms with Crippen LogP contribution in [-0.4, -0.2) is 63.0 Å². The normalized spacial score (nSPS) is 14.1. The van der Waals surface area contributed by atoms with Gasteiger partial charge in [0.1, 0.15) is 46.7 Å². The predicted molar refractivity (Wildman–Crippen MR) is 400 cm³/mol. The third-order valence-electron chi connectivity index (χ3n) is 18.9. The molecule has 13 rings (SSSR count). The van der Waals surface area contributed by atoms with Gasteiger partial charge in [0.25, 0.3) is 0 Å². The molecule has 4 atom stereocenters. The molecule has 5 N–H and O–H groups in total. The highest BCUT2D eigenvalue weighted by Gasteiger charge is 2.44. The number of amides is 1. The molecule has 14 nitrogen and oxygen atoms in total. The van der Waals surface area contributed by atoms with Crippen molar-refractivity contribution >= 4 is 34.2 Å². The van der Waals surface area contributed by atoms with Gasteiger partial charge in [-0.05, 0) is 156 Å². The largest absolute Gasteiger partial charge is 0.374 e. The molecular weight excluding hydrogens is 1300 g/mol. The Morgan fingerprint density at radius 2 is 1.25 bits per heavy atom. The van der Waals surface area contributed by atoms with Gasteiger partial charge in [0.15, 0.2) is 11.6 Å². The number of aryl methyl sites for hydroxylation is 1. The molecule has 1 amide bonds. The fourth-order valence-electron chi connectivity index (χ4n) is 13.6. The quantitative estimate of drug-likeness (QED) is 0.0400. The molecule has 0 saturated heterocycles. The zero-order chi connectivity index (χ0) is 71.6. The molecular formula is C85H76F4N13O. The Kier molecular flexibility index (Phi) is 21.0. The number of nitrogens with zero attached hydrogens (tertiary/aromatic N) is 9. The van der Waals surface area contributed by atoms with Gasteiger partial charge in [0.2, 0.25) is 5.91 Å². The minimum absolute atomic E-state index is 0.132. The van der Waals surface area contributed by atoms with Crippen LogP contribution in [0.25, 0.3) is 39.1 Å². The average Bonchev–Trinajstić information content (AvgIpc) is 0.723. The van der Waals surface area contributed by atoms with Gasteiger partial charge in [-0.3, -0.25) is 14.8 Å². The Balaban J connectivity index is 1.16. The van der Waals surface area contributed by atoms with Crippen molar-refractivity contribution in [2.45, 2.75) is 63.7 Å². The molecule has 18 heteroatoms. The number of nitrogens with one attached hydrogen (secondary N) is 3. The molecule has 0 fully saturated rings. The summed E-state index contributed by atoms with van der Waals surface area (Å²) < 4.78 is 66.3. The monoisotopic (exact) mass is 1370 g/mol. The lowest BCUT2D eigenvalue weighted by Crippen LogP contribution is -2.46. The number of carbonyl (C=O) groups is 1. The van der Waals surface area contributed by atoms with Crippen LogP contribution in [0.2, 0.25) is 0 Å². The van der Waals surface area contributed by atoms with E-state index >= 15 is 17.6 Å². The zero-order valence-electron chi connectivity index (χ0n) is 57.6. The number of benzene rings is 8. The van der Waals surface area contributed by atoms with E-state index in [4.69, 9.17) is 30.7 Å². The lowest BCUT2D eigenvalue weighted by atomic mass is 9.84.